The van der Waals surface area contributed by atoms with Crippen LogP contribution in [0.5, 0.6) is 0 Å². The van der Waals surface area contributed by atoms with Gasteiger partial charge in [-0.1, -0.05) is 0 Å². The Morgan fingerprint density at radius 3 is 2.81 bits per heavy atom. The Kier molecular flexibility index (Phi) is 4.14. The van der Waals surface area contributed by atoms with Crippen molar-refractivity contribution in [2.24, 2.45) is 7.05 Å². The summed E-state index contributed by atoms with van der Waals surface area (Å²) in [6, 6.07) is 2.89. The first-order valence-electron chi connectivity index (χ1n) is 9.50. The molecule has 1 amide bonds. The standard InChI is InChI=1S/C19H17F3N8O/c1-10-25-17(28(2)26-10)18(31)29-7-5-12-15(24-9-23-12)16(29)13-8-14-11(19(20,21)22)4-3-6-30(14)27-13/h3-4,6,8-9,16H,5,7H2,1-2H3,(H,23,24)/t16-/m1/s1. The molecule has 0 aromatic carbocycles. The number of carbonyl (C=O) groups is 1. The average Bonchev–Trinajstić information content (AvgIpc) is 3.42. The van der Waals surface area contributed by atoms with Gasteiger partial charge in [0.25, 0.3) is 5.91 Å². The van der Waals surface area contributed by atoms with Crippen molar-refractivity contribution in [2.45, 2.75) is 25.6 Å². The van der Waals surface area contributed by atoms with Crippen LogP contribution in [-0.4, -0.2) is 51.7 Å². The second-order valence-corrected chi connectivity index (χ2v) is 7.34. The number of nitrogens with one attached hydrogen (secondary N) is 1. The summed E-state index contributed by atoms with van der Waals surface area (Å²) in [6.07, 6.45) is -1.05. The van der Waals surface area contributed by atoms with Crippen molar-refractivity contribution in [3.8, 4) is 0 Å². The van der Waals surface area contributed by atoms with E-state index in [9.17, 15) is 18.0 Å². The molecule has 0 unspecified atom stereocenters. The summed E-state index contributed by atoms with van der Waals surface area (Å²) in [5.41, 5.74) is 0.770. The number of hydrogen-bond acceptors (Lipinski definition) is 5. The number of halogens is 3. The summed E-state index contributed by atoms with van der Waals surface area (Å²) in [4.78, 5) is 26.5. The Morgan fingerprint density at radius 2 is 2.10 bits per heavy atom. The normalized spacial score (nSPS) is 16.7. The van der Waals surface area contributed by atoms with E-state index in [-0.39, 0.29) is 17.0 Å². The van der Waals surface area contributed by atoms with Crippen molar-refractivity contribution in [3.05, 3.63) is 65.0 Å². The Balaban J connectivity index is 1.66. The minimum absolute atomic E-state index is 0.0884. The fraction of sp³-hybridized carbons (Fsp3) is 0.316. The summed E-state index contributed by atoms with van der Waals surface area (Å²) < 4.78 is 43.0. The van der Waals surface area contributed by atoms with Crippen molar-refractivity contribution in [1.29, 1.82) is 0 Å². The Bertz CT molecular complexity index is 1300. The molecular formula is C19H17F3N8O. The lowest BCUT2D eigenvalue weighted by Crippen LogP contribution is -2.42. The predicted molar refractivity (Wildman–Crippen MR) is 101 cm³/mol. The molecule has 0 radical (unpaired) electrons. The molecular weight excluding hydrogens is 413 g/mol. The highest BCUT2D eigenvalue weighted by Crippen LogP contribution is 2.37. The van der Waals surface area contributed by atoms with Crippen molar-refractivity contribution in [2.75, 3.05) is 6.54 Å². The van der Waals surface area contributed by atoms with Crippen LogP contribution in [0, 0.1) is 6.92 Å². The van der Waals surface area contributed by atoms with Crippen LogP contribution in [0.15, 0.2) is 30.7 Å². The lowest BCUT2D eigenvalue weighted by Gasteiger charge is -2.33. The number of carbonyl (C=O) groups excluding carboxylic acids is 1. The third kappa shape index (κ3) is 3.05. The molecule has 0 aliphatic carbocycles. The number of imidazole rings is 1. The number of nitrogens with zero attached hydrogens (tertiary/aromatic N) is 7. The van der Waals surface area contributed by atoms with Gasteiger partial charge in [-0.05, 0) is 25.1 Å². The van der Waals surface area contributed by atoms with Gasteiger partial charge >= 0.3 is 6.18 Å². The van der Waals surface area contributed by atoms with Crippen LogP contribution in [-0.2, 0) is 19.6 Å². The zero-order chi connectivity index (χ0) is 21.9. The van der Waals surface area contributed by atoms with E-state index < -0.39 is 23.7 Å². The molecule has 1 aliphatic rings. The monoisotopic (exact) mass is 430 g/mol. The van der Waals surface area contributed by atoms with Gasteiger partial charge in [-0.2, -0.15) is 23.4 Å². The first kappa shape index (κ1) is 19.3. The maximum absolute atomic E-state index is 13.5. The molecule has 0 saturated heterocycles. The van der Waals surface area contributed by atoms with Gasteiger partial charge in [0.05, 0.1) is 28.8 Å². The van der Waals surface area contributed by atoms with Crippen molar-refractivity contribution in [1.82, 2.24) is 39.2 Å². The van der Waals surface area contributed by atoms with Gasteiger partial charge in [0.1, 0.15) is 11.9 Å². The summed E-state index contributed by atoms with van der Waals surface area (Å²) in [5, 5.41) is 8.49. The highest BCUT2D eigenvalue weighted by molar-refractivity contribution is 5.91. The summed E-state index contributed by atoms with van der Waals surface area (Å²) in [6.45, 7) is 2.00. The van der Waals surface area contributed by atoms with Crippen LogP contribution in [0.1, 0.15) is 45.1 Å². The van der Waals surface area contributed by atoms with E-state index in [4.69, 9.17) is 0 Å². The molecule has 0 saturated carbocycles. The number of pyridine rings is 1. The number of aromatic nitrogens is 7. The third-order valence-corrected chi connectivity index (χ3v) is 5.35. The highest BCUT2D eigenvalue weighted by Gasteiger charge is 2.39. The number of aromatic amines is 1. The Morgan fingerprint density at radius 1 is 1.29 bits per heavy atom. The highest BCUT2D eigenvalue weighted by atomic mass is 19.4. The molecule has 31 heavy (non-hydrogen) atoms. The van der Waals surface area contributed by atoms with E-state index in [1.807, 2.05) is 0 Å². The van der Waals surface area contributed by atoms with Gasteiger partial charge < -0.3 is 9.88 Å². The molecule has 5 rings (SSSR count). The van der Waals surface area contributed by atoms with E-state index >= 15 is 0 Å². The number of alkyl halides is 3. The molecule has 0 spiro atoms. The molecule has 5 heterocycles. The second-order valence-electron chi connectivity index (χ2n) is 7.34. The molecule has 0 fully saturated rings. The van der Waals surface area contributed by atoms with E-state index in [1.54, 1.807) is 14.0 Å². The average molecular weight is 430 g/mol. The van der Waals surface area contributed by atoms with Gasteiger partial charge in [-0.25, -0.2) is 19.2 Å². The van der Waals surface area contributed by atoms with Crippen LogP contribution < -0.4 is 0 Å². The summed E-state index contributed by atoms with van der Waals surface area (Å²) >= 11 is 0. The number of amides is 1. The summed E-state index contributed by atoms with van der Waals surface area (Å²) in [7, 11) is 1.62. The minimum Gasteiger partial charge on any atom is -0.348 e. The molecule has 4 aromatic rings. The molecule has 1 aliphatic heterocycles. The lowest BCUT2D eigenvalue weighted by molar-refractivity contribution is -0.136. The smallest absolute Gasteiger partial charge is 0.348 e. The van der Waals surface area contributed by atoms with Gasteiger partial charge in [0.15, 0.2) is 0 Å². The Labute approximate surface area is 173 Å². The fourth-order valence-electron chi connectivity index (χ4n) is 4.03. The first-order chi connectivity index (χ1) is 14.7. The second kappa shape index (κ2) is 6.65. The SMILES string of the molecule is Cc1nc(C(=O)N2CCc3[nH]cnc3[C@H]2c2cc3c(C(F)(F)F)cccn3n2)n(C)n1. The van der Waals surface area contributed by atoms with E-state index in [0.29, 0.717) is 24.5 Å². The maximum Gasteiger partial charge on any atom is 0.418 e. The third-order valence-electron chi connectivity index (χ3n) is 5.35. The van der Waals surface area contributed by atoms with Gasteiger partial charge in [0, 0.05) is 31.9 Å². The molecule has 1 N–H and O–H groups in total. The molecule has 160 valence electrons. The van der Waals surface area contributed by atoms with Crippen LogP contribution in [0.25, 0.3) is 5.52 Å². The first-order valence-corrected chi connectivity index (χ1v) is 9.50. The van der Waals surface area contributed by atoms with Gasteiger partial charge in [-0.3, -0.25) is 4.79 Å². The van der Waals surface area contributed by atoms with Gasteiger partial charge in [0.2, 0.25) is 5.82 Å². The summed E-state index contributed by atoms with van der Waals surface area (Å²) in [5.74, 6) is 0.193. The van der Waals surface area contributed by atoms with E-state index in [2.05, 4.69) is 25.1 Å². The zero-order valence-corrected chi connectivity index (χ0v) is 16.6. The van der Waals surface area contributed by atoms with Crippen LogP contribution in [0.2, 0.25) is 0 Å². The molecule has 12 heteroatoms. The van der Waals surface area contributed by atoms with Crippen molar-refractivity contribution < 1.29 is 18.0 Å². The number of aryl methyl sites for hydroxylation is 2. The molecule has 1 atom stereocenters. The van der Waals surface area contributed by atoms with E-state index in [0.717, 1.165) is 11.8 Å². The zero-order valence-electron chi connectivity index (χ0n) is 16.6. The largest absolute Gasteiger partial charge is 0.418 e. The predicted octanol–water partition coefficient (Wildman–Crippen LogP) is 2.30. The quantitative estimate of drug-likeness (QED) is 0.526. The molecule has 4 aromatic heterocycles. The minimum atomic E-state index is -4.53. The topological polar surface area (TPSA) is 97.0 Å². The molecule has 9 nitrogen and oxygen atoms in total. The van der Waals surface area contributed by atoms with E-state index in [1.165, 1.54) is 38.8 Å². The fourth-order valence-corrected chi connectivity index (χ4v) is 4.03. The van der Waals surface area contributed by atoms with Gasteiger partial charge in [-0.15, -0.1) is 0 Å². The number of H-pyrrole nitrogens is 1. The van der Waals surface area contributed by atoms with Crippen molar-refractivity contribution >= 4 is 11.4 Å². The molecule has 0 bridgehead atoms. The van der Waals surface area contributed by atoms with Crippen LogP contribution >= 0.6 is 0 Å². The number of hydrogen-bond donors (Lipinski definition) is 1. The van der Waals surface area contributed by atoms with Crippen LogP contribution in [0.3, 0.4) is 0 Å². The number of rotatable bonds is 2. The maximum atomic E-state index is 13.5. The lowest BCUT2D eigenvalue weighted by atomic mass is 9.99. The van der Waals surface area contributed by atoms with Crippen molar-refractivity contribution in [3.63, 3.8) is 0 Å². The Hall–Kier alpha value is -3.70. The van der Waals surface area contributed by atoms with Crippen LogP contribution in [0.4, 0.5) is 13.2 Å². The number of fused-ring (bicyclic) bond motifs is 2.